The van der Waals surface area contributed by atoms with Crippen LogP contribution < -0.4 is 5.32 Å². The van der Waals surface area contributed by atoms with E-state index in [1.165, 1.54) is 0 Å². The molecule has 1 saturated carbocycles. The lowest BCUT2D eigenvalue weighted by molar-refractivity contribution is -0.384. The lowest BCUT2D eigenvalue weighted by Crippen LogP contribution is -2.28. The molecule has 0 amide bonds. The summed E-state index contributed by atoms with van der Waals surface area (Å²) in [7, 11) is 0. The second-order valence-electron chi connectivity index (χ2n) is 4.74. The highest BCUT2D eigenvalue weighted by Crippen LogP contribution is 2.36. The minimum Gasteiger partial charge on any atom is -0.391 e. The maximum atomic E-state index is 12.5. The van der Waals surface area contributed by atoms with Crippen LogP contribution in [0, 0.1) is 10.1 Å². The Bertz CT molecular complexity index is 519. The summed E-state index contributed by atoms with van der Waals surface area (Å²) in [5, 5.41) is 23.3. The van der Waals surface area contributed by atoms with Crippen molar-refractivity contribution in [2.24, 2.45) is 0 Å². The fourth-order valence-electron chi connectivity index (χ4n) is 2.29. The standard InChI is InChI=1S/C12H13F3N2O3/c13-12(14,15)7-4-5-8(10(6-7)17(19)20)16-9-2-1-3-11(9)18/h4-6,9,11,16,18H,1-3H2. The lowest BCUT2D eigenvalue weighted by atomic mass is 10.1. The molecule has 5 nitrogen and oxygen atoms in total. The van der Waals surface area contributed by atoms with Crippen molar-refractivity contribution in [2.75, 3.05) is 5.32 Å². The van der Waals surface area contributed by atoms with Crippen LogP contribution in [0.3, 0.4) is 0 Å². The Hall–Kier alpha value is -1.83. The summed E-state index contributed by atoms with van der Waals surface area (Å²) in [6, 6.07) is 1.96. The second kappa shape index (κ2) is 5.28. The summed E-state index contributed by atoms with van der Waals surface area (Å²) in [6.07, 6.45) is -3.30. The average molecular weight is 290 g/mol. The Balaban J connectivity index is 2.31. The molecule has 0 aliphatic heterocycles. The first-order valence-electron chi connectivity index (χ1n) is 6.09. The predicted molar refractivity (Wildman–Crippen MR) is 65.4 cm³/mol. The normalized spacial score (nSPS) is 22.8. The van der Waals surface area contributed by atoms with E-state index in [2.05, 4.69) is 5.32 Å². The molecule has 2 atom stereocenters. The highest BCUT2D eigenvalue weighted by Gasteiger charge is 2.34. The number of hydrogen-bond donors (Lipinski definition) is 2. The van der Waals surface area contributed by atoms with Crippen molar-refractivity contribution in [1.29, 1.82) is 0 Å². The molecular formula is C12H13F3N2O3. The van der Waals surface area contributed by atoms with Crippen LogP contribution in [0.15, 0.2) is 18.2 Å². The Labute approximate surface area is 112 Å². The van der Waals surface area contributed by atoms with Crippen molar-refractivity contribution in [3.8, 4) is 0 Å². The third-order valence-electron chi connectivity index (χ3n) is 3.34. The molecule has 1 aliphatic carbocycles. The summed E-state index contributed by atoms with van der Waals surface area (Å²) in [5.41, 5.74) is -1.71. The number of nitro groups is 1. The van der Waals surface area contributed by atoms with Gasteiger partial charge in [0.1, 0.15) is 5.69 Å². The van der Waals surface area contributed by atoms with Gasteiger partial charge in [-0.15, -0.1) is 0 Å². The Morgan fingerprint density at radius 3 is 2.55 bits per heavy atom. The monoisotopic (exact) mass is 290 g/mol. The molecule has 1 aromatic rings. The molecule has 2 rings (SSSR count). The van der Waals surface area contributed by atoms with Crippen LogP contribution in [-0.4, -0.2) is 22.2 Å². The minimum atomic E-state index is -4.63. The van der Waals surface area contributed by atoms with Gasteiger partial charge in [0.05, 0.1) is 22.6 Å². The molecule has 1 aromatic carbocycles. The fraction of sp³-hybridized carbons (Fsp3) is 0.500. The number of rotatable bonds is 3. The maximum absolute atomic E-state index is 12.5. The van der Waals surface area contributed by atoms with E-state index in [1.807, 2.05) is 0 Å². The van der Waals surface area contributed by atoms with Gasteiger partial charge in [0, 0.05) is 6.07 Å². The van der Waals surface area contributed by atoms with E-state index in [1.54, 1.807) is 0 Å². The summed E-state index contributed by atoms with van der Waals surface area (Å²) in [6.45, 7) is 0. The molecule has 2 unspecified atom stereocenters. The Kier molecular flexibility index (Phi) is 3.85. The third kappa shape index (κ3) is 3.01. The van der Waals surface area contributed by atoms with Crippen LogP contribution in [0.5, 0.6) is 0 Å². The first kappa shape index (κ1) is 14.6. The molecular weight excluding hydrogens is 277 g/mol. The number of aliphatic hydroxyl groups is 1. The van der Waals surface area contributed by atoms with E-state index in [9.17, 15) is 28.4 Å². The third-order valence-corrected chi connectivity index (χ3v) is 3.34. The quantitative estimate of drug-likeness (QED) is 0.663. The van der Waals surface area contributed by atoms with E-state index in [0.29, 0.717) is 18.9 Å². The summed E-state index contributed by atoms with van der Waals surface area (Å²) in [5.74, 6) is 0. The number of anilines is 1. The minimum absolute atomic E-state index is 0.00560. The van der Waals surface area contributed by atoms with Crippen LogP contribution in [-0.2, 0) is 6.18 Å². The molecule has 110 valence electrons. The zero-order valence-corrected chi connectivity index (χ0v) is 10.4. The van der Waals surface area contributed by atoms with Crippen LogP contribution in [0.1, 0.15) is 24.8 Å². The second-order valence-corrected chi connectivity index (χ2v) is 4.74. The molecule has 1 fully saturated rings. The molecule has 0 spiro atoms. The molecule has 2 N–H and O–H groups in total. The van der Waals surface area contributed by atoms with Crippen LogP contribution in [0.25, 0.3) is 0 Å². The van der Waals surface area contributed by atoms with E-state index in [0.717, 1.165) is 18.6 Å². The number of halogens is 3. The van der Waals surface area contributed by atoms with Crippen molar-refractivity contribution in [1.82, 2.24) is 0 Å². The van der Waals surface area contributed by atoms with Crippen molar-refractivity contribution >= 4 is 11.4 Å². The first-order chi connectivity index (χ1) is 9.29. The Morgan fingerprint density at radius 2 is 2.05 bits per heavy atom. The van der Waals surface area contributed by atoms with E-state index in [4.69, 9.17) is 0 Å². The van der Waals surface area contributed by atoms with Gasteiger partial charge in [-0.2, -0.15) is 13.2 Å². The summed E-state index contributed by atoms with van der Waals surface area (Å²) >= 11 is 0. The van der Waals surface area contributed by atoms with Gasteiger partial charge < -0.3 is 10.4 Å². The lowest BCUT2D eigenvalue weighted by Gasteiger charge is -2.18. The molecule has 1 aliphatic rings. The van der Waals surface area contributed by atoms with E-state index in [-0.39, 0.29) is 11.7 Å². The maximum Gasteiger partial charge on any atom is 0.416 e. The molecule has 20 heavy (non-hydrogen) atoms. The molecule has 0 heterocycles. The van der Waals surface area contributed by atoms with Crippen LogP contribution >= 0.6 is 0 Å². The fourth-order valence-corrected chi connectivity index (χ4v) is 2.29. The van der Waals surface area contributed by atoms with Gasteiger partial charge in [-0.05, 0) is 31.4 Å². The smallest absolute Gasteiger partial charge is 0.391 e. The van der Waals surface area contributed by atoms with Gasteiger partial charge in [0.25, 0.3) is 5.69 Å². The number of benzene rings is 1. The first-order valence-corrected chi connectivity index (χ1v) is 6.09. The summed E-state index contributed by atoms with van der Waals surface area (Å²) < 4.78 is 37.6. The number of nitrogens with one attached hydrogen (secondary N) is 1. The Morgan fingerprint density at radius 1 is 1.35 bits per heavy atom. The molecule has 0 saturated heterocycles. The average Bonchev–Trinajstić information content (AvgIpc) is 2.74. The highest BCUT2D eigenvalue weighted by molar-refractivity contribution is 5.63. The number of nitrogens with zero attached hydrogens (tertiary/aromatic N) is 1. The SMILES string of the molecule is O=[N+]([O-])c1cc(C(F)(F)F)ccc1NC1CCCC1O. The number of aliphatic hydroxyl groups excluding tert-OH is 1. The van der Waals surface area contributed by atoms with Gasteiger partial charge in [-0.1, -0.05) is 0 Å². The topological polar surface area (TPSA) is 75.4 Å². The van der Waals surface area contributed by atoms with Crippen molar-refractivity contribution in [3.63, 3.8) is 0 Å². The number of nitro benzene ring substituents is 1. The van der Waals surface area contributed by atoms with Gasteiger partial charge in [0.2, 0.25) is 0 Å². The predicted octanol–water partition coefficient (Wildman–Crippen LogP) is 2.94. The van der Waals surface area contributed by atoms with Crippen LogP contribution in [0.2, 0.25) is 0 Å². The van der Waals surface area contributed by atoms with E-state index >= 15 is 0 Å². The van der Waals surface area contributed by atoms with Gasteiger partial charge >= 0.3 is 6.18 Å². The zero-order chi connectivity index (χ0) is 14.9. The largest absolute Gasteiger partial charge is 0.416 e. The highest BCUT2D eigenvalue weighted by atomic mass is 19.4. The van der Waals surface area contributed by atoms with Gasteiger partial charge in [0.15, 0.2) is 0 Å². The zero-order valence-electron chi connectivity index (χ0n) is 10.4. The molecule has 0 bridgehead atoms. The van der Waals surface area contributed by atoms with Crippen molar-refractivity contribution < 1.29 is 23.2 Å². The summed E-state index contributed by atoms with van der Waals surface area (Å²) in [4.78, 5) is 10.0. The molecule has 0 aromatic heterocycles. The van der Waals surface area contributed by atoms with Gasteiger partial charge in [-0.3, -0.25) is 10.1 Å². The number of hydrogen-bond acceptors (Lipinski definition) is 4. The van der Waals surface area contributed by atoms with Gasteiger partial charge in [-0.25, -0.2) is 0 Å². The van der Waals surface area contributed by atoms with E-state index < -0.39 is 28.5 Å². The number of alkyl halides is 3. The van der Waals surface area contributed by atoms with Crippen LogP contribution in [0.4, 0.5) is 24.5 Å². The molecule has 8 heteroatoms. The van der Waals surface area contributed by atoms with Crippen molar-refractivity contribution in [2.45, 2.75) is 37.6 Å². The molecule has 0 radical (unpaired) electrons. The van der Waals surface area contributed by atoms with Crippen molar-refractivity contribution in [3.05, 3.63) is 33.9 Å².